The zero-order valence-corrected chi connectivity index (χ0v) is 61.5. The van der Waals surface area contributed by atoms with Crippen molar-refractivity contribution in [2.45, 2.75) is 145 Å². The van der Waals surface area contributed by atoms with E-state index in [0.29, 0.717) is 154 Å². The lowest BCUT2D eigenvalue weighted by Gasteiger charge is -2.31. The average molecular weight is 1510 g/mol. The number of carbonyl (C=O) groups is 4. The van der Waals surface area contributed by atoms with Crippen LogP contribution in [0, 0.1) is 0 Å². The minimum Gasteiger partial charge on any atom is -0.457 e. The van der Waals surface area contributed by atoms with Crippen molar-refractivity contribution in [3.8, 4) is 5.75 Å². The van der Waals surface area contributed by atoms with Gasteiger partial charge in [-0.15, -0.1) is 0 Å². The molecule has 6 rings (SSSR count). The molecule has 24 nitrogen and oxygen atoms in total. The highest BCUT2D eigenvalue weighted by Gasteiger charge is 2.45. The van der Waals surface area contributed by atoms with Gasteiger partial charge < -0.3 is 48.7 Å². The summed E-state index contributed by atoms with van der Waals surface area (Å²) >= 11 is 3.15. The van der Waals surface area contributed by atoms with Crippen molar-refractivity contribution in [1.82, 2.24) is 10.6 Å². The maximum atomic E-state index is 13.7. The summed E-state index contributed by atoms with van der Waals surface area (Å²) in [6.45, 7) is 11.0. The number of nitrogens with one attached hydrogen (secondary N) is 2. The number of amides is 2. The number of para-hydroxylation sites is 2. The fourth-order valence-electron chi connectivity index (χ4n) is 12.3. The van der Waals surface area contributed by atoms with E-state index in [9.17, 15) is 58.1 Å². The van der Waals surface area contributed by atoms with Crippen molar-refractivity contribution in [1.29, 1.82) is 0 Å². The molecule has 2 amide bonds. The van der Waals surface area contributed by atoms with Gasteiger partial charge in [-0.25, -0.2) is 0 Å². The summed E-state index contributed by atoms with van der Waals surface area (Å²) in [4.78, 5) is 53.6. The molecule has 0 radical (unpaired) electrons. The predicted molar refractivity (Wildman–Crippen MR) is 381 cm³/mol. The van der Waals surface area contributed by atoms with Crippen molar-refractivity contribution < 1.29 is 95.8 Å². The molecule has 0 spiro atoms. The molecule has 0 aromatic heterocycles. The van der Waals surface area contributed by atoms with Gasteiger partial charge in [-0.05, 0) is 151 Å². The number of fused-ring (bicyclic) bond motifs is 2. The number of carbonyl (C=O) groups excluding carboxylic acids is 4. The highest BCUT2D eigenvalue weighted by atomic mass is 79.9. The molecule has 0 saturated carbocycles. The Kier molecular flexibility index (Phi) is 34.2. The lowest BCUT2D eigenvalue weighted by molar-refractivity contribution is -0.437. The van der Waals surface area contributed by atoms with Gasteiger partial charge in [0.2, 0.25) is 17.5 Å². The lowest BCUT2D eigenvalue weighted by atomic mass is 9.77. The number of Topliss-reactive ketones (excluding diaryl/α,β-unsaturated/α-hetero) is 2. The molecule has 28 heteroatoms. The molecule has 2 aliphatic heterocycles. The van der Waals surface area contributed by atoms with Crippen molar-refractivity contribution in [3.63, 3.8) is 0 Å². The largest absolute Gasteiger partial charge is 0.457 e. The van der Waals surface area contributed by atoms with Gasteiger partial charge in [-0.3, -0.25) is 32.8 Å². The van der Waals surface area contributed by atoms with Crippen LogP contribution in [0.4, 0.5) is 11.4 Å². The van der Waals surface area contributed by atoms with Gasteiger partial charge in [0.15, 0.2) is 11.5 Å². The first-order valence-corrected chi connectivity index (χ1v) is 39.7. The van der Waals surface area contributed by atoms with Gasteiger partial charge in [0.05, 0.1) is 92.7 Å². The fourth-order valence-corrected chi connectivity index (χ4v) is 14.1. The van der Waals surface area contributed by atoms with Crippen molar-refractivity contribution in [2.75, 3.05) is 121 Å². The molecule has 2 unspecified atom stereocenters. The summed E-state index contributed by atoms with van der Waals surface area (Å²) in [5.74, 6) is -0.635. The second-order valence-electron chi connectivity index (χ2n) is 25.3. The van der Waals surface area contributed by atoms with Gasteiger partial charge in [0.25, 0.3) is 30.4 Å². The smallest absolute Gasteiger partial charge is 0.294 e. The Hall–Kier alpha value is -5.86. The standard InChI is InChI=1S/C71H99BrN4O20S3/c1-70(2)59-20-5-7-23-62(59)75(38-15-51-97(81,82)83)65(70)33-27-54-17-11-18-55(69(54)96-57-29-31-58(32-30-57)99(87,88)89)28-34-66-71(3,60-21-6-8-24-63(60)76(66)39-16-52-98(84,85)86)36-12-26-67(79)73-37-10-9-22-61(64(78)25-14-41-92-45-48-94-44-43-90-4)74-68(80)35-42-93-47-50-95-49-46-91-40-13-19-56(77)53-72/h5-8,20-21,23-24,27-34,61H,9-19,22,25-26,35-53H2,1-4H3,(H4-,73,74,79,80,81,82,83,84,85,86,87,88,89)/p+1. The number of anilines is 1. The predicted octanol–water partition coefficient (Wildman–Crippen LogP) is 9.68. The zero-order chi connectivity index (χ0) is 71.9. The second kappa shape index (κ2) is 41.3. The Labute approximate surface area is 592 Å². The summed E-state index contributed by atoms with van der Waals surface area (Å²) in [5, 5.41) is 6.28. The number of benzene rings is 3. The van der Waals surface area contributed by atoms with E-state index >= 15 is 0 Å². The molecular formula is C71H100BrN4O20S3+. The maximum Gasteiger partial charge on any atom is 0.294 e. The Morgan fingerprint density at radius 2 is 1.26 bits per heavy atom. The van der Waals surface area contributed by atoms with E-state index in [-0.39, 0.29) is 85.9 Å². The number of alkyl halides is 1. The maximum absolute atomic E-state index is 13.7. The van der Waals surface area contributed by atoms with Crippen LogP contribution in [0.5, 0.6) is 5.75 Å². The normalized spacial score (nSPS) is 17.4. The first-order valence-electron chi connectivity index (χ1n) is 33.9. The van der Waals surface area contributed by atoms with E-state index in [1.54, 1.807) is 7.11 Å². The number of ether oxygens (including phenoxy) is 7. The molecular weight excluding hydrogens is 1400 g/mol. The molecule has 0 saturated heterocycles. The van der Waals surface area contributed by atoms with Crippen LogP contribution in [0.2, 0.25) is 0 Å². The number of ketones is 2. The average Bonchev–Trinajstić information content (AvgIpc) is 1.61. The summed E-state index contributed by atoms with van der Waals surface area (Å²) in [6, 6.07) is 20.3. The van der Waals surface area contributed by atoms with Crippen molar-refractivity contribution in [2.24, 2.45) is 0 Å². The van der Waals surface area contributed by atoms with E-state index in [2.05, 4.69) is 56.8 Å². The van der Waals surface area contributed by atoms with Crippen LogP contribution >= 0.6 is 15.9 Å². The van der Waals surface area contributed by atoms with Crippen LogP contribution < -0.4 is 20.3 Å². The van der Waals surface area contributed by atoms with Crippen molar-refractivity contribution in [3.05, 3.63) is 131 Å². The van der Waals surface area contributed by atoms with E-state index < -0.39 is 58.7 Å². The molecule has 1 aliphatic carbocycles. The van der Waals surface area contributed by atoms with E-state index in [4.69, 9.17) is 33.2 Å². The molecule has 3 aliphatic rings. The number of nitrogens with zero attached hydrogens (tertiary/aromatic N) is 2. The van der Waals surface area contributed by atoms with Crippen LogP contribution in [0.1, 0.15) is 135 Å². The summed E-state index contributed by atoms with van der Waals surface area (Å²) in [5.41, 5.74) is 5.74. The minimum atomic E-state index is -4.52. The summed E-state index contributed by atoms with van der Waals surface area (Å²) in [6.07, 6.45) is 14.3. The van der Waals surface area contributed by atoms with E-state index in [0.717, 1.165) is 45.1 Å². The minimum absolute atomic E-state index is 0.0332. The first-order chi connectivity index (χ1) is 47.3. The van der Waals surface area contributed by atoms with Crippen LogP contribution in [0.25, 0.3) is 0 Å². The fraction of sp³-hybridized carbons (Fsp3) is 0.563. The lowest BCUT2D eigenvalue weighted by Crippen LogP contribution is -2.41. The van der Waals surface area contributed by atoms with Gasteiger partial charge in [0, 0.05) is 100 Å². The highest BCUT2D eigenvalue weighted by Crippen LogP contribution is 2.51. The van der Waals surface area contributed by atoms with E-state index in [1.807, 2.05) is 72.8 Å². The number of hydrogen-bond acceptors (Lipinski definition) is 18. The van der Waals surface area contributed by atoms with E-state index in [1.165, 1.54) is 24.3 Å². The summed E-state index contributed by atoms with van der Waals surface area (Å²) in [7, 11) is -11.5. The molecule has 2 heterocycles. The third kappa shape index (κ3) is 27.5. The third-order valence-electron chi connectivity index (χ3n) is 17.4. The molecule has 5 N–H and O–H groups in total. The quantitative estimate of drug-likeness (QED) is 0.0152. The summed E-state index contributed by atoms with van der Waals surface area (Å²) < 4.78 is 143. The molecule has 2 atom stereocenters. The van der Waals surface area contributed by atoms with Crippen LogP contribution in [-0.2, 0) is 88.8 Å². The molecule has 3 aromatic rings. The molecule has 0 fully saturated rings. The van der Waals surface area contributed by atoms with Crippen LogP contribution in [0.3, 0.4) is 0 Å². The monoisotopic (exact) mass is 1500 g/mol. The van der Waals surface area contributed by atoms with Gasteiger partial charge in [-0.2, -0.15) is 29.8 Å². The Bertz CT molecular complexity index is 3670. The van der Waals surface area contributed by atoms with Gasteiger partial charge >= 0.3 is 0 Å². The molecule has 99 heavy (non-hydrogen) atoms. The Morgan fingerprint density at radius 3 is 1.92 bits per heavy atom. The first kappa shape index (κ1) is 82.1. The molecule has 3 aromatic carbocycles. The Morgan fingerprint density at radius 1 is 0.646 bits per heavy atom. The number of methoxy groups -OCH3 is 1. The SMILES string of the molecule is COCCOCCOCCCC(=O)C(CCCCNC(=O)CCCC1(C)/C(=C\C=C2/CCCC(/C=C/C3=[N+](CCCS(=O)(=O)O)c4ccccc4C3(C)C)=C2Oc2ccc(S(=O)(=O)O)cc2)N(CCCS(=O)(=O)O)c2ccccc21)NC(=O)CCOCCOCCOCCCC(=O)CBr. The number of unbranched alkanes of at least 4 members (excludes halogenated alkanes) is 1. The highest BCUT2D eigenvalue weighted by molar-refractivity contribution is 9.09. The van der Waals surface area contributed by atoms with Crippen molar-refractivity contribution >= 4 is 86.8 Å². The number of hydrogen-bond donors (Lipinski definition) is 5. The van der Waals surface area contributed by atoms with Gasteiger partial charge in [0.1, 0.15) is 23.8 Å². The number of rotatable bonds is 49. The van der Waals surface area contributed by atoms with Gasteiger partial charge in [-0.1, -0.05) is 58.4 Å². The van der Waals surface area contributed by atoms with Crippen LogP contribution in [0.15, 0.2) is 125 Å². The molecule has 0 bridgehead atoms. The number of allylic oxidation sites excluding steroid dienone is 7. The second-order valence-corrected chi connectivity index (χ2v) is 30.4. The molecule has 548 valence electrons. The zero-order valence-electron chi connectivity index (χ0n) is 57.4. The third-order valence-corrected chi connectivity index (χ3v) is 20.5. The number of halogens is 1. The van der Waals surface area contributed by atoms with Crippen LogP contribution in [-0.4, -0.2) is 195 Å². The Balaban J connectivity index is 1.16. The topological polar surface area (TPSA) is 326 Å².